The van der Waals surface area contributed by atoms with Crippen LogP contribution in [0.25, 0.3) is 0 Å². The molecule has 0 aromatic heterocycles. The normalized spacial score (nSPS) is 22.3. The maximum Gasteiger partial charge on any atom is 0.273 e. The highest BCUT2D eigenvalue weighted by molar-refractivity contribution is 6.32. The van der Waals surface area contributed by atoms with Gasteiger partial charge >= 0.3 is 0 Å². The van der Waals surface area contributed by atoms with E-state index in [2.05, 4.69) is 12.2 Å². The molecule has 0 unspecified atom stereocenters. The molecule has 0 saturated heterocycles. The second kappa shape index (κ2) is 5.54. The van der Waals surface area contributed by atoms with Crippen LogP contribution in [0.2, 0.25) is 5.02 Å². The zero-order chi connectivity index (χ0) is 13.1. The van der Waals surface area contributed by atoms with Crippen molar-refractivity contribution < 1.29 is 9.66 Å². The Hall–Kier alpha value is -1.33. The third kappa shape index (κ3) is 2.91. The molecule has 0 atom stereocenters. The Balaban J connectivity index is 1.97. The number of rotatable bonds is 5. The second-order valence-corrected chi connectivity index (χ2v) is 4.74. The Morgan fingerprint density at radius 3 is 2.89 bits per heavy atom. The minimum absolute atomic E-state index is 0.00282. The van der Waals surface area contributed by atoms with Crippen LogP contribution >= 0.6 is 11.6 Å². The van der Waals surface area contributed by atoms with E-state index in [-0.39, 0.29) is 11.8 Å². The van der Waals surface area contributed by atoms with Gasteiger partial charge in [-0.05, 0) is 25.5 Å². The Kier molecular flexibility index (Phi) is 4.04. The Morgan fingerprint density at radius 2 is 2.28 bits per heavy atom. The number of nitrogens with one attached hydrogen (secondary N) is 1. The van der Waals surface area contributed by atoms with E-state index in [0.29, 0.717) is 16.8 Å². The van der Waals surface area contributed by atoms with Crippen molar-refractivity contribution in [3.63, 3.8) is 0 Å². The predicted octanol–water partition coefficient (Wildman–Crippen LogP) is 2.77. The molecule has 0 heterocycles. The first-order chi connectivity index (χ1) is 8.60. The summed E-state index contributed by atoms with van der Waals surface area (Å²) < 4.78 is 5.67. The van der Waals surface area contributed by atoms with Crippen LogP contribution in [0.4, 0.5) is 5.69 Å². The summed E-state index contributed by atoms with van der Waals surface area (Å²) >= 11 is 5.96. The number of nitrogens with zero attached hydrogens (tertiary/aromatic N) is 1. The first-order valence-electron chi connectivity index (χ1n) is 5.94. The number of halogens is 1. The molecule has 5 nitrogen and oxygen atoms in total. The van der Waals surface area contributed by atoms with Crippen LogP contribution in [0.1, 0.15) is 19.8 Å². The standard InChI is InChI=1S/C12H15ClN2O3/c1-2-14-8-5-10(6-8)18-12-7-9(15(16)17)3-4-11(12)13/h3-4,7-8,10,14H,2,5-6H2,1H3. The van der Waals surface area contributed by atoms with Gasteiger partial charge in [-0.1, -0.05) is 18.5 Å². The van der Waals surface area contributed by atoms with Crippen LogP contribution in [0.15, 0.2) is 18.2 Å². The van der Waals surface area contributed by atoms with Crippen LogP contribution in [-0.4, -0.2) is 23.6 Å². The molecule has 98 valence electrons. The Bertz CT molecular complexity index is 447. The van der Waals surface area contributed by atoms with Crippen molar-refractivity contribution in [1.29, 1.82) is 0 Å². The quantitative estimate of drug-likeness (QED) is 0.660. The molecular weight excluding hydrogens is 256 g/mol. The molecular formula is C12H15ClN2O3. The molecule has 0 amide bonds. The fraction of sp³-hybridized carbons (Fsp3) is 0.500. The first kappa shape index (κ1) is 13.1. The molecule has 1 aromatic rings. The molecule has 0 bridgehead atoms. The average Bonchev–Trinajstić information content (AvgIpc) is 2.28. The van der Waals surface area contributed by atoms with Gasteiger partial charge in [-0.25, -0.2) is 0 Å². The zero-order valence-corrected chi connectivity index (χ0v) is 10.8. The van der Waals surface area contributed by atoms with Gasteiger partial charge in [-0.15, -0.1) is 0 Å². The van der Waals surface area contributed by atoms with Crippen molar-refractivity contribution in [2.45, 2.75) is 31.9 Å². The molecule has 1 N–H and O–H groups in total. The average molecular weight is 271 g/mol. The SMILES string of the molecule is CCNC1CC(Oc2cc([N+](=O)[O-])ccc2Cl)C1. The van der Waals surface area contributed by atoms with Crippen LogP contribution in [0.5, 0.6) is 5.75 Å². The molecule has 1 aliphatic carbocycles. The molecule has 0 radical (unpaired) electrons. The van der Waals surface area contributed by atoms with Gasteiger partial charge in [0.2, 0.25) is 0 Å². The Morgan fingerprint density at radius 1 is 1.56 bits per heavy atom. The predicted molar refractivity (Wildman–Crippen MR) is 69.2 cm³/mol. The molecule has 2 rings (SSSR count). The van der Waals surface area contributed by atoms with E-state index in [1.54, 1.807) is 0 Å². The number of hydrogen-bond acceptors (Lipinski definition) is 4. The monoisotopic (exact) mass is 270 g/mol. The number of ether oxygens (including phenoxy) is 1. The Labute approximate surface area is 110 Å². The molecule has 1 fully saturated rings. The summed E-state index contributed by atoms with van der Waals surface area (Å²) in [5, 5.41) is 14.4. The molecule has 6 heteroatoms. The molecule has 0 spiro atoms. The number of nitro benzene ring substituents is 1. The van der Waals surface area contributed by atoms with Crippen molar-refractivity contribution in [2.75, 3.05) is 6.54 Å². The summed E-state index contributed by atoms with van der Waals surface area (Å²) in [7, 11) is 0. The number of non-ortho nitro benzene ring substituents is 1. The summed E-state index contributed by atoms with van der Waals surface area (Å²) in [6.45, 7) is 3.00. The van der Waals surface area contributed by atoms with E-state index in [1.165, 1.54) is 18.2 Å². The topological polar surface area (TPSA) is 64.4 Å². The van der Waals surface area contributed by atoms with E-state index in [9.17, 15) is 10.1 Å². The van der Waals surface area contributed by atoms with Crippen LogP contribution in [0, 0.1) is 10.1 Å². The number of hydrogen-bond donors (Lipinski definition) is 1. The fourth-order valence-corrected chi connectivity index (χ4v) is 2.15. The number of benzene rings is 1. The van der Waals surface area contributed by atoms with Crippen molar-refractivity contribution >= 4 is 17.3 Å². The van der Waals surface area contributed by atoms with Gasteiger partial charge in [0.25, 0.3) is 5.69 Å². The van der Waals surface area contributed by atoms with Crippen LogP contribution in [0.3, 0.4) is 0 Å². The van der Waals surface area contributed by atoms with Gasteiger partial charge in [0.05, 0.1) is 16.0 Å². The third-order valence-electron chi connectivity index (χ3n) is 3.01. The van der Waals surface area contributed by atoms with E-state index in [0.717, 1.165) is 19.4 Å². The van der Waals surface area contributed by atoms with Crippen molar-refractivity contribution in [3.8, 4) is 5.75 Å². The summed E-state index contributed by atoms with van der Waals surface area (Å²) in [6.07, 6.45) is 1.91. The lowest BCUT2D eigenvalue weighted by Crippen LogP contribution is -2.46. The smallest absolute Gasteiger partial charge is 0.273 e. The first-order valence-corrected chi connectivity index (χ1v) is 6.32. The highest BCUT2D eigenvalue weighted by Gasteiger charge is 2.30. The van der Waals surface area contributed by atoms with E-state index in [1.807, 2.05) is 0 Å². The van der Waals surface area contributed by atoms with E-state index < -0.39 is 4.92 Å². The lowest BCUT2D eigenvalue weighted by molar-refractivity contribution is -0.385. The molecule has 1 aliphatic rings. The fourth-order valence-electron chi connectivity index (χ4n) is 1.99. The van der Waals surface area contributed by atoms with Gasteiger partial charge in [0.1, 0.15) is 11.9 Å². The minimum atomic E-state index is -0.453. The minimum Gasteiger partial charge on any atom is -0.488 e. The maximum atomic E-state index is 10.7. The van der Waals surface area contributed by atoms with E-state index >= 15 is 0 Å². The third-order valence-corrected chi connectivity index (χ3v) is 3.32. The molecule has 1 saturated carbocycles. The lowest BCUT2D eigenvalue weighted by atomic mass is 9.89. The highest BCUT2D eigenvalue weighted by atomic mass is 35.5. The summed E-state index contributed by atoms with van der Waals surface area (Å²) in [5.41, 5.74) is -0.00282. The molecule has 18 heavy (non-hydrogen) atoms. The summed E-state index contributed by atoms with van der Waals surface area (Å²) in [4.78, 5) is 10.2. The highest BCUT2D eigenvalue weighted by Crippen LogP contribution is 2.33. The van der Waals surface area contributed by atoms with Gasteiger partial charge < -0.3 is 10.1 Å². The van der Waals surface area contributed by atoms with Crippen molar-refractivity contribution in [3.05, 3.63) is 33.3 Å². The van der Waals surface area contributed by atoms with Crippen LogP contribution < -0.4 is 10.1 Å². The van der Waals surface area contributed by atoms with Crippen molar-refractivity contribution in [1.82, 2.24) is 5.32 Å². The van der Waals surface area contributed by atoms with Gasteiger partial charge in [0.15, 0.2) is 0 Å². The van der Waals surface area contributed by atoms with Crippen molar-refractivity contribution in [2.24, 2.45) is 0 Å². The lowest BCUT2D eigenvalue weighted by Gasteiger charge is -2.35. The number of nitro groups is 1. The summed E-state index contributed by atoms with van der Waals surface area (Å²) in [5.74, 6) is 0.394. The molecule has 0 aliphatic heterocycles. The maximum absolute atomic E-state index is 10.7. The largest absolute Gasteiger partial charge is 0.488 e. The zero-order valence-electron chi connectivity index (χ0n) is 10.1. The van der Waals surface area contributed by atoms with E-state index in [4.69, 9.17) is 16.3 Å². The molecule has 1 aromatic carbocycles. The second-order valence-electron chi connectivity index (χ2n) is 4.34. The van der Waals surface area contributed by atoms with Crippen LogP contribution in [-0.2, 0) is 0 Å². The van der Waals surface area contributed by atoms with Gasteiger partial charge in [0, 0.05) is 12.1 Å². The van der Waals surface area contributed by atoms with Gasteiger partial charge in [-0.3, -0.25) is 10.1 Å². The summed E-state index contributed by atoms with van der Waals surface area (Å²) in [6, 6.07) is 4.73. The van der Waals surface area contributed by atoms with Gasteiger partial charge in [-0.2, -0.15) is 0 Å².